The van der Waals surface area contributed by atoms with Gasteiger partial charge in [-0.05, 0) is 49.6 Å². The van der Waals surface area contributed by atoms with E-state index in [2.05, 4.69) is 5.32 Å². The van der Waals surface area contributed by atoms with Gasteiger partial charge < -0.3 is 14.6 Å². The van der Waals surface area contributed by atoms with E-state index in [1.165, 1.54) is 0 Å². The number of carbonyl (C=O) groups is 2. The van der Waals surface area contributed by atoms with Gasteiger partial charge in [-0.25, -0.2) is 9.59 Å². The topological polar surface area (TPSA) is 84.9 Å². The summed E-state index contributed by atoms with van der Waals surface area (Å²) in [7, 11) is 0. The minimum absolute atomic E-state index is 0.351. The summed E-state index contributed by atoms with van der Waals surface area (Å²) in [6.45, 7) is 5.32. The van der Waals surface area contributed by atoms with E-state index in [9.17, 15) is 14.7 Å². The number of hydrogen-bond acceptors (Lipinski definition) is 5. The molecule has 0 saturated heterocycles. The Hall–Kier alpha value is -3.64. The molecule has 0 aliphatic heterocycles. The Bertz CT molecular complexity index is 988. The largest absolute Gasteiger partial charge is 0.450 e. The molecule has 0 radical (unpaired) electrons. The van der Waals surface area contributed by atoms with E-state index >= 15 is 0 Å². The van der Waals surface area contributed by atoms with Gasteiger partial charge in [-0.1, -0.05) is 72.8 Å². The van der Waals surface area contributed by atoms with Gasteiger partial charge in [0.25, 0.3) is 0 Å². The van der Waals surface area contributed by atoms with Crippen LogP contribution in [0.25, 0.3) is 0 Å². The van der Waals surface area contributed by atoms with Crippen molar-refractivity contribution >= 4 is 17.7 Å². The highest BCUT2D eigenvalue weighted by Crippen LogP contribution is 2.28. The van der Waals surface area contributed by atoms with Crippen molar-refractivity contribution in [2.45, 2.75) is 38.6 Å². The zero-order chi connectivity index (χ0) is 23.1. The van der Waals surface area contributed by atoms with Gasteiger partial charge in [-0.3, -0.25) is 5.32 Å². The molecule has 0 fully saturated rings. The number of aliphatic hydroxyl groups is 1. The highest BCUT2D eigenvalue weighted by atomic mass is 16.6. The maximum absolute atomic E-state index is 12.8. The fourth-order valence-electron chi connectivity index (χ4n) is 3.07. The lowest BCUT2D eigenvalue weighted by Crippen LogP contribution is -2.27. The molecule has 0 aliphatic carbocycles. The van der Waals surface area contributed by atoms with Crippen molar-refractivity contribution in [1.29, 1.82) is 0 Å². The average Bonchev–Trinajstić information content (AvgIpc) is 2.77. The van der Waals surface area contributed by atoms with Gasteiger partial charge in [-0.2, -0.15) is 0 Å². The van der Waals surface area contributed by atoms with Gasteiger partial charge in [0.1, 0.15) is 5.60 Å². The number of rotatable bonds is 6. The Morgan fingerprint density at radius 3 is 1.75 bits per heavy atom. The molecule has 3 rings (SSSR count). The van der Waals surface area contributed by atoms with E-state index < -0.39 is 29.9 Å². The van der Waals surface area contributed by atoms with E-state index in [1.54, 1.807) is 45.0 Å². The first-order valence-corrected chi connectivity index (χ1v) is 10.3. The number of esters is 1. The molecule has 0 spiro atoms. The summed E-state index contributed by atoms with van der Waals surface area (Å²) in [5.41, 5.74) is 1.82. The summed E-state index contributed by atoms with van der Waals surface area (Å²) < 4.78 is 10.9. The zero-order valence-corrected chi connectivity index (χ0v) is 18.3. The van der Waals surface area contributed by atoms with E-state index in [0.29, 0.717) is 11.3 Å². The lowest BCUT2D eigenvalue weighted by molar-refractivity contribution is -0.158. The Morgan fingerprint density at radius 2 is 1.28 bits per heavy atom. The van der Waals surface area contributed by atoms with Crippen molar-refractivity contribution in [3.63, 3.8) is 0 Å². The second-order valence-electron chi connectivity index (χ2n) is 8.29. The molecule has 166 valence electrons. The van der Waals surface area contributed by atoms with Crippen molar-refractivity contribution in [3.8, 4) is 0 Å². The second kappa shape index (κ2) is 10.1. The molecule has 0 unspecified atom stereocenters. The average molecular weight is 434 g/mol. The first-order chi connectivity index (χ1) is 15.2. The Labute approximate surface area is 187 Å². The number of hydrogen-bond donors (Lipinski definition) is 2. The Morgan fingerprint density at radius 1 is 0.781 bits per heavy atom. The molecule has 0 aromatic heterocycles. The number of aliphatic hydroxyl groups excluding tert-OH is 1. The molecule has 2 N–H and O–H groups in total. The van der Waals surface area contributed by atoms with Crippen molar-refractivity contribution in [3.05, 3.63) is 102 Å². The summed E-state index contributed by atoms with van der Waals surface area (Å²) in [6, 6.07) is 25.0. The van der Waals surface area contributed by atoms with Gasteiger partial charge >= 0.3 is 12.1 Å². The molecular weight excluding hydrogens is 406 g/mol. The molecule has 3 aromatic rings. The maximum atomic E-state index is 12.8. The third-order valence-electron chi connectivity index (χ3n) is 4.53. The molecule has 6 heteroatoms. The second-order valence-corrected chi connectivity index (χ2v) is 8.29. The fraction of sp³-hybridized carbons (Fsp3) is 0.231. The van der Waals surface area contributed by atoms with Gasteiger partial charge in [-0.15, -0.1) is 0 Å². The zero-order valence-electron chi connectivity index (χ0n) is 18.3. The molecule has 3 aromatic carbocycles. The highest BCUT2D eigenvalue weighted by Gasteiger charge is 2.25. The summed E-state index contributed by atoms with van der Waals surface area (Å²) >= 11 is 0. The maximum Gasteiger partial charge on any atom is 0.412 e. The number of amides is 1. The monoisotopic (exact) mass is 433 g/mol. The molecule has 1 amide bonds. The molecule has 0 heterocycles. The van der Waals surface area contributed by atoms with Crippen molar-refractivity contribution in [2.75, 3.05) is 5.32 Å². The van der Waals surface area contributed by atoms with Crippen LogP contribution in [0.5, 0.6) is 0 Å². The van der Waals surface area contributed by atoms with Crippen LogP contribution < -0.4 is 5.32 Å². The predicted octanol–water partition coefficient (Wildman–Crippen LogP) is 5.40. The molecule has 0 bridgehead atoms. The van der Waals surface area contributed by atoms with Crippen molar-refractivity contribution in [2.24, 2.45) is 0 Å². The van der Waals surface area contributed by atoms with Gasteiger partial charge in [0.2, 0.25) is 0 Å². The highest BCUT2D eigenvalue weighted by molar-refractivity contribution is 5.85. The number of benzene rings is 3. The quantitative estimate of drug-likeness (QED) is 0.509. The van der Waals surface area contributed by atoms with Crippen LogP contribution in [0, 0.1) is 0 Å². The molecule has 32 heavy (non-hydrogen) atoms. The lowest BCUT2D eigenvalue weighted by Gasteiger charge is -2.21. The summed E-state index contributed by atoms with van der Waals surface area (Å²) in [4.78, 5) is 24.6. The van der Waals surface area contributed by atoms with Gasteiger partial charge in [0.05, 0.1) is 0 Å². The van der Waals surface area contributed by atoms with Crippen LogP contribution in [0.2, 0.25) is 0 Å². The fourth-order valence-corrected chi connectivity index (χ4v) is 3.07. The van der Waals surface area contributed by atoms with E-state index in [0.717, 1.165) is 11.1 Å². The van der Waals surface area contributed by atoms with Crippen LogP contribution in [-0.2, 0) is 14.3 Å². The van der Waals surface area contributed by atoms with Crippen LogP contribution >= 0.6 is 0 Å². The normalized spacial score (nSPS) is 12.2. The lowest BCUT2D eigenvalue weighted by atomic mass is 10.0. The van der Waals surface area contributed by atoms with Crippen LogP contribution in [0.15, 0.2) is 84.9 Å². The summed E-state index contributed by atoms with van der Waals surface area (Å²) in [5, 5.41) is 13.2. The van der Waals surface area contributed by atoms with Crippen molar-refractivity contribution in [1.82, 2.24) is 0 Å². The smallest absolute Gasteiger partial charge is 0.412 e. The van der Waals surface area contributed by atoms with Gasteiger partial charge in [0.15, 0.2) is 12.2 Å². The third kappa shape index (κ3) is 6.43. The summed E-state index contributed by atoms with van der Waals surface area (Å²) in [5.74, 6) is -0.768. The van der Waals surface area contributed by atoms with E-state index in [4.69, 9.17) is 9.47 Å². The summed E-state index contributed by atoms with van der Waals surface area (Å²) in [6.07, 6.45) is -2.70. The van der Waals surface area contributed by atoms with Crippen molar-refractivity contribution < 1.29 is 24.2 Å². The van der Waals surface area contributed by atoms with E-state index in [1.807, 2.05) is 60.7 Å². The Balaban J connectivity index is 1.70. The number of ether oxygens (including phenoxy) is 2. The number of carbonyl (C=O) groups excluding carboxylic acids is 2. The van der Waals surface area contributed by atoms with Crippen LogP contribution in [0.1, 0.15) is 49.7 Å². The SMILES string of the molecule is CC(C)(C)OC(=O)Nc1ccc([C@@H](O)C(=O)OC(c2ccccc2)c2ccccc2)cc1. The van der Waals surface area contributed by atoms with E-state index in [-0.39, 0.29) is 0 Å². The minimum atomic E-state index is -1.47. The number of nitrogens with one attached hydrogen (secondary N) is 1. The minimum Gasteiger partial charge on any atom is -0.450 e. The Kier molecular flexibility index (Phi) is 7.28. The first-order valence-electron chi connectivity index (χ1n) is 10.3. The van der Waals surface area contributed by atoms with Gasteiger partial charge in [0, 0.05) is 5.69 Å². The first kappa shape index (κ1) is 23.0. The molecule has 0 aliphatic rings. The molecule has 1 atom stereocenters. The standard InChI is InChI=1S/C26H27NO5/c1-26(2,3)32-25(30)27-21-16-14-18(15-17-21)22(28)24(29)31-23(19-10-6-4-7-11-19)20-12-8-5-9-13-20/h4-17,22-23,28H,1-3H3,(H,27,30)/t22-/m1/s1. The van der Waals surface area contributed by atoms with Crippen LogP contribution in [0.4, 0.5) is 10.5 Å². The predicted molar refractivity (Wildman–Crippen MR) is 122 cm³/mol. The van der Waals surface area contributed by atoms with Crippen LogP contribution in [-0.4, -0.2) is 22.8 Å². The molecular formula is C26H27NO5. The third-order valence-corrected chi connectivity index (χ3v) is 4.53. The molecule has 6 nitrogen and oxygen atoms in total. The number of anilines is 1. The van der Waals surface area contributed by atoms with Crippen LogP contribution in [0.3, 0.4) is 0 Å². The molecule has 0 saturated carbocycles.